The summed E-state index contributed by atoms with van der Waals surface area (Å²) in [5, 5.41) is 3.20. The van der Waals surface area contributed by atoms with Crippen molar-refractivity contribution in [3.05, 3.63) is 30.3 Å². The summed E-state index contributed by atoms with van der Waals surface area (Å²) in [6, 6.07) is 10.7. The average Bonchev–Trinajstić information content (AvgIpc) is 3.08. The smallest absolute Gasteiger partial charge is 0.241 e. The van der Waals surface area contributed by atoms with E-state index in [-0.39, 0.29) is 5.91 Å². The van der Waals surface area contributed by atoms with Crippen LogP contribution in [0.5, 0.6) is 0 Å². The van der Waals surface area contributed by atoms with Gasteiger partial charge >= 0.3 is 0 Å². The highest BCUT2D eigenvalue weighted by atomic mass is 16.2. The number of piperazine rings is 1. The first kappa shape index (κ1) is 14.4. The topological polar surface area (TPSA) is 35.6 Å². The molecule has 3 rings (SSSR count). The molecule has 1 aliphatic carbocycles. The highest BCUT2D eigenvalue weighted by Crippen LogP contribution is 2.24. The first-order chi connectivity index (χ1) is 10.3. The van der Waals surface area contributed by atoms with Gasteiger partial charge in [0.2, 0.25) is 5.91 Å². The summed E-state index contributed by atoms with van der Waals surface area (Å²) in [6.07, 6.45) is 5.46. The lowest BCUT2D eigenvalue weighted by molar-refractivity contribution is -0.131. The molecule has 4 nitrogen and oxygen atoms in total. The maximum absolute atomic E-state index is 12.2. The second kappa shape index (κ2) is 6.94. The Morgan fingerprint density at radius 3 is 2.38 bits per heavy atom. The van der Waals surface area contributed by atoms with Gasteiger partial charge in [-0.1, -0.05) is 31.0 Å². The van der Waals surface area contributed by atoms with Gasteiger partial charge in [0.05, 0.1) is 6.54 Å². The van der Waals surface area contributed by atoms with Crippen LogP contribution in [0.1, 0.15) is 25.7 Å². The maximum atomic E-state index is 12.2. The van der Waals surface area contributed by atoms with Gasteiger partial charge in [-0.25, -0.2) is 0 Å². The Labute approximate surface area is 127 Å². The Balaban J connectivity index is 1.42. The fourth-order valence-corrected chi connectivity index (χ4v) is 3.45. The summed E-state index contributed by atoms with van der Waals surface area (Å²) in [7, 11) is 0. The Hall–Kier alpha value is -1.55. The van der Waals surface area contributed by atoms with Crippen LogP contribution in [0.4, 0.5) is 5.69 Å². The molecule has 1 aliphatic heterocycles. The largest absolute Gasteiger partial charge is 0.376 e. The summed E-state index contributed by atoms with van der Waals surface area (Å²) < 4.78 is 0. The van der Waals surface area contributed by atoms with Crippen molar-refractivity contribution < 1.29 is 4.79 Å². The predicted molar refractivity (Wildman–Crippen MR) is 85.3 cm³/mol. The van der Waals surface area contributed by atoms with E-state index < -0.39 is 0 Å². The van der Waals surface area contributed by atoms with E-state index in [1.165, 1.54) is 25.7 Å². The van der Waals surface area contributed by atoms with Crippen LogP contribution >= 0.6 is 0 Å². The fraction of sp³-hybridized carbons (Fsp3) is 0.588. The molecule has 0 atom stereocenters. The number of para-hydroxylation sites is 1. The summed E-state index contributed by atoms with van der Waals surface area (Å²) in [6.45, 7) is 4.24. The monoisotopic (exact) mass is 287 g/mol. The molecule has 2 aliphatic rings. The molecule has 2 fully saturated rings. The second-order valence-electron chi connectivity index (χ2n) is 6.07. The summed E-state index contributed by atoms with van der Waals surface area (Å²) in [5.41, 5.74) is 1.01. The van der Waals surface area contributed by atoms with Crippen LogP contribution in [0.25, 0.3) is 0 Å². The Kier molecular flexibility index (Phi) is 4.76. The van der Waals surface area contributed by atoms with Crippen molar-refractivity contribution in [2.75, 3.05) is 38.0 Å². The van der Waals surface area contributed by atoms with E-state index in [9.17, 15) is 4.79 Å². The molecule has 1 amide bonds. The van der Waals surface area contributed by atoms with Crippen LogP contribution in [0.3, 0.4) is 0 Å². The van der Waals surface area contributed by atoms with Gasteiger partial charge in [0.1, 0.15) is 0 Å². The fourth-order valence-electron chi connectivity index (χ4n) is 3.45. The molecule has 1 aromatic carbocycles. The number of amides is 1. The number of nitrogens with one attached hydrogen (secondary N) is 1. The van der Waals surface area contributed by atoms with Crippen LogP contribution < -0.4 is 5.32 Å². The molecule has 1 saturated carbocycles. The minimum absolute atomic E-state index is 0.213. The summed E-state index contributed by atoms with van der Waals surface area (Å²) in [4.78, 5) is 16.8. The number of hydrogen-bond donors (Lipinski definition) is 1. The van der Waals surface area contributed by atoms with Gasteiger partial charge in [0.25, 0.3) is 0 Å². The molecule has 0 spiro atoms. The molecule has 1 aromatic rings. The number of benzene rings is 1. The number of nitrogens with zero attached hydrogens (tertiary/aromatic N) is 2. The van der Waals surface area contributed by atoms with Crippen LogP contribution in [0.15, 0.2) is 30.3 Å². The first-order valence-electron chi connectivity index (χ1n) is 8.14. The lowest BCUT2D eigenvalue weighted by Gasteiger charge is -2.38. The zero-order valence-corrected chi connectivity index (χ0v) is 12.6. The van der Waals surface area contributed by atoms with Gasteiger partial charge < -0.3 is 10.2 Å². The van der Waals surface area contributed by atoms with Gasteiger partial charge in [0, 0.05) is 37.9 Å². The molecule has 1 heterocycles. The minimum atomic E-state index is 0.213. The van der Waals surface area contributed by atoms with E-state index in [4.69, 9.17) is 0 Å². The van der Waals surface area contributed by atoms with E-state index in [0.29, 0.717) is 6.54 Å². The number of rotatable bonds is 4. The Morgan fingerprint density at radius 2 is 1.71 bits per heavy atom. The molecule has 1 saturated heterocycles. The molecule has 0 unspecified atom stereocenters. The minimum Gasteiger partial charge on any atom is -0.376 e. The quantitative estimate of drug-likeness (QED) is 0.922. The van der Waals surface area contributed by atoms with Crippen molar-refractivity contribution in [3.8, 4) is 0 Å². The van der Waals surface area contributed by atoms with E-state index in [1.54, 1.807) is 0 Å². The molecule has 4 heteroatoms. The SMILES string of the molecule is O=C(CNc1ccccc1)N1CCN(C2CCCC2)CC1. The van der Waals surface area contributed by atoms with Crippen molar-refractivity contribution >= 4 is 11.6 Å². The van der Waals surface area contributed by atoms with E-state index in [2.05, 4.69) is 10.2 Å². The number of carbonyl (C=O) groups is 1. The van der Waals surface area contributed by atoms with Gasteiger partial charge in [-0.05, 0) is 25.0 Å². The standard InChI is InChI=1S/C17H25N3O/c21-17(14-18-15-6-2-1-3-7-15)20-12-10-19(11-13-20)16-8-4-5-9-16/h1-3,6-7,16,18H,4-5,8-14H2. The van der Waals surface area contributed by atoms with Crippen molar-refractivity contribution in [2.45, 2.75) is 31.7 Å². The third kappa shape index (κ3) is 3.76. The molecule has 0 bridgehead atoms. The molecular formula is C17H25N3O. The van der Waals surface area contributed by atoms with Crippen molar-refractivity contribution in [1.29, 1.82) is 0 Å². The van der Waals surface area contributed by atoms with Crippen LogP contribution in [0.2, 0.25) is 0 Å². The van der Waals surface area contributed by atoms with Crippen LogP contribution in [0, 0.1) is 0 Å². The van der Waals surface area contributed by atoms with E-state index >= 15 is 0 Å². The normalized spacial score (nSPS) is 20.7. The van der Waals surface area contributed by atoms with E-state index in [1.807, 2.05) is 35.2 Å². The third-order valence-electron chi connectivity index (χ3n) is 4.73. The number of anilines is 1. The predicted octanol–water partition coefficient (Wildman–Crippen LogP) is 2.19. The van der Waals surface area contributed by atoms with Gasteiger partial charge in [0.15, 0.2) is 0 Å². The third-order valence-corrected chi connectivity index (χ3v) is 4.73. The number of carbonyl (C=O) groups excluding carboxylic acids is 1. The van der Waals surface area contributed by atoms with Crippen molar-refractivity contribution in [3.63, 3.8) is 0 Å². The maximum Gasteiger partial charge on any atom is 0.241 e. The highest BCUT2D eigenvalue weighted by Gasteiger charge is 2.27. The molecule has 0 aromatic heterocycles. The van der Waals surface area contributed by atoms with Gasteiger partial charge in [-0.3, -0.25) is 9.69 Å². The number of hydrogen-bond acceptors (Lipinski definition) is 3. The lowest BCUT2D eigenvalue weighted by Crippen LogP contribution is -2.52. The van der Waals surface area contributed by atoms with Crippen molar-refractivity contribution in [1.82, 2.24) is 9.80 Å². The lowest BCUT2D eigenvalue weighted by atomic mass is 10.2. The van der Waals surface area contributed by atoms with Crippen molar-refractivity contribution in [2.24, 2.45) is 0 Å². The summed E-state index contributed by atoms with van der Waals surface area (Å²) >= 11 is 0. The summed E-state index contributed by atoms with van der Waals surface area (Å²) in [5.74, 6) is 0.213. The molecular weight excluding hydrogens is 262 g/mol. The van der Waals surface area contributed by atoms with Gasteiger partial charge in [-0.15, -0.1) is 0 Å². The Morgan fingerprint density at radius 1 is 1.05 bits per heavy atom. The zero-order valence-electron chi connectivity index (χ0n) is 12.6. The second-order valence-corrected chi connectivity index (χ2v) is 6.07. The molecule has 21 heavy (non-hydrogen) atoms. The molecule has 0 radical (unpaired) electrons. The average molecular weight is 287 g/mol. The Bertz CT molecular complexity index is 448. The molecule has 114 valence electrons. The van der Waals surface area contributed by atoms with Crippen LogP contribution in [-0.4, -0.2) is 54.5 Å². The first-order valence-corrected chi connectivity index (χ1v) is 8.14. The zero-order chi connectivity index (χ0) is 14.5. The highest BCUT2D eigenvalue weighted by molar-refractivity contribution is 5.81. The van der Waals surface area contributed by atoms with Crippen LogP contribution in [-0.2, 0) is 4.79 Å². The van der Waals surface area contributed by atoms with Gasteiger partial charge in [-0.2, -0.15) is 0 Å². The molecule has 1 N–H and O–H groups in total. The van der Waals surface area contributed by atoms with E-state index in [0.717, 1.165) is 37.9 Å².